The number of nitrogens with zero attached hydrogens (tertiary/aromatic N) is 3. The average molecular weight is 288 g/mol. The van der Waals surface area contributed by atoms with E-state index in [-0.39, 0.29) is 0 Å². The molecule has 2 heterocycles. The number of aryl methyl sites for hydroxylation is 1. The van der Waals surface area contributed by atoms with Gasteiger partial charge >= 0.3 is 0 Å². The highest BCUT2D eigenvalue weighted by molar-refractivity contribution is 5.82. The van der Waals surface area contributed by atoms with Crippen LogP contribution in [0.25, 0.3) is 11.0 Å². The van der Waals surface area contributed by atoms with Crippen LogP contribution in [0.4, 0.5) is 5.95 Å². The highest BCUT2D eigenvalue weighted by atomic mass is 16.5. The van der Waals surface area contributed by atoms with Crippen molar-refractivity contribution in [3.63, 3.8) is 0 Å². The van der Waals surface area contributed by atoms with Gasteiger partial charge < -0.3 is 19.5 Å². The Morgan fingerprint density at radius 1 is 1.29 bits per heavy atom. The summed E-state index contributed by atoms with van der Waals surface area (Å²) in [5.74, 6) is 1.08. The molecule has 5 nitrogen and oxygen atoms in total. The number of para-hydroxylation sites is 1. The van der Waals surface area contributed by atoms with Crippen LogP contribution in [0.2, 0.25) is 0 Å². The smallest absolute Gasteiger partial charge is 0.206 e. The fourth-order valence-corrected chi connectivity index (χ4v) is 2.90. The summed E-state index contributed by atoms with van der Waals surface area (Å²) in [6.45, 7) is 10.6. The first-order chi connectivity index (χ1) is 10.3. The Balaban J connectivity index is 1.99. The van der Waals surface area contributed by atoms with Gasteiger partial charge in [0.05, 0.1) is 17.6 Å². The molecule has 1 aromatic carbocycles. The van der Waals surface area contributed by atoms with Gasteiger partial charge in [-0.3, -0.25) is 0 Å². The molecule has 2 aromatic rings. The minimum Gasteiger partial charge on any atom is -0.380 e. The van der Waals surface area contributed by atoms with Crippen LogP contribution in [0.5, 0.6) is 0 Å². The molecule has 0 aliphatic carbocycles. The van der Waals surface area contributed by atoms with Crippen LogP contribution >= 0.6 is 0 Å². The first-order valence-corrected chi connectivity index (χ1v) is 7.80. The molecule has 114 valence electrons. The van der Waals surface area contributed by atoms with Gasteiger partial charge in [0.2, 0.25) is 5.95 Å². The number of piperazine rings is 1. The van der Waals surface area contributed by atoms with Gasteiger partial charge in [-0.05, 0) is 25.5 Å². The number of nitrogens with one attached hydrogen (secondary N) is 1. The summed E-state index contributed by atoms with van der Waals surface area (Å²) in [4.78, 5) is 7.30. The SMILES string of the molecule is CCOCCn1c(N2CCNCC2)nc2c(C)cccc21. The maximum atomic E-state index is 5.55. The number of ether oxygens (including phenoxy) is 1. The third-order valence-corrected chi connectivity index (χ3v) is 4.02. The summed E-state index contributed by atoms with van der Waals surface area (Å²) >= 11 is 0. The maximum absolute atomic E-state index is 5.55. The number of fused-ring (bicyclic) bond motifs is 1. The minimum atomic E-state index is 0.731. The topological polar surface area (TPSA) is 42.3 Å². The van der Waals surface area contributed by atoms with E-state index in [4.69, 9.17) is 9.72 Å². The van der Waals surface area contributed by atoms with Crippen molar-refractivity contribution in [1.82, 2.24) is 14.9 Å². The van der Waals surface area contributed by atoms with Crippen molar-refractivity contribution >= 4 is 17.0 Å². The van der Waals surface area contributed by atoms with E-state index in [1.165, 1.54) is 11.1 Å². The van der Waals surface area contributed by atoms with Gasteiger partial charge in [-0.15, -0.1) is 0 Å². The number of rotatable bonds is 5. The van der Waals surface area contributed by atoms with E-state index in [1.807, 2.05) is 6.92 Å². The predicted octanol–water partition coefficient (Wildman–Crippen LogP) is 1.79. The fraction of sp³-hybridized carbons (Fsp3) is 0.562. The van der Waals surface area contributed by atoms with Gasteiger partial charge in [0.15, 0.2) is 0 Å². The molecule has 0 unspecified atom stereocenters. The normalized spacial score (nSPS) is 15.8. The Morgan fingerprint density at radius 2 is 2.10 bits per heavy atom. The van der Waals surface area contributed by atoms with Gasteiger partial charge in [-0.25, -0.2) is 4.98 Å². The van der Waals surface area contributed by atoms with Crippen LogP contribution in [0.3, 0.4) is 0 Å². The number of hydrogen-bond acceptors (Lipinski definition) is 4. The Kier molecular flexibility index (Phi) is 4.41. The molecular weight excluding hydrogens is 264 g/mol. The molecule has 1 saturated heterocycles. The lowest BCUT2D eigenvalue weighted by molar-refractivity contribution is 0.140. The second-order valence-electron chi connectivity index (χ2n) is 5.44. The molecule has 0 saturated carbocycles. The largest absolute Gasteiger partial charge is 0.380 e. The third-order valence-electron chi connectivity index (χ3n) is 4.02. The Bertz CT molecular complexity index is 602. The van der Waals surface area contributed by atoms with Crippen LogP contribution in [0, 0.1) is 6.92 Å². The second-order valence-corrected chi connectivity index (χ2v) is 5.44. The zero-order chi connectivity index (χ0) is 14.7. The number of anilines is 1. The second kappa shape index (κ2) is 6.45. The molecular formula is C16H24N4O. The summed E-state index contributed by atoms with van der Waals surface area (Å²) in [6, 6.07) is 6.40. The first-order valence-electron chi connectivity index (χ1n) is 7.80. The molecule has 0 bridgehead atoms. The highest BCUT2D eigenvalue weighted by Crippen LogP contribution is 2.25. The van der Waals surface area contributed by atoms with Crippen molar-refractivity contribution < 1.29 is 4.74 Å². The van der Waals surface area contributed by atoms with Crippen LogP contribution in [-0.2, 0) is 11.3 Å². The van der Waals surface area contributed by atoms with Gasteiger partial charge in [0.25, 0.3) is 0 Å². The zero-order valence-electron chi connectivity index (χ0n) is 12.9. The zero-order valence-corrected chi connectivity index (χ0v) is 12.9. The van der Waals surface area contributed by atoms with Crippen LogP contribution in [-0.4, -0.2) is 48.9 Å². The molecule has 0 amide bonds. The van der Waals surface area contributed by atoms with E-state index in [0.717, 1.165) is 57.4 Å². The molecule has 21 heavy (non-hydrogen) atoms. The maximum Gasteiger partial charge on any atom is 0.206 e. The van der Waals surface area contributed by atoms with Crippen LogP contribution in [0.15, 0.2) is 18.2 Å². The molecule has 1 aromatic heterocycles. The summed E-state index contributed by atoms with van der Waals surface area (Å²) in [5, 5.41) is 3.40. The number of benzene rings is 1. The van der Waals surface area contributed by atoms with E-state index in [2.05, 4.69) is 39.9 Å². The van der Waals surface area contributed by atoms with E-state index in [9.17, 15) is 0 Å². The Morgan fingerprint density at radius 3 is 2.86 bits per heavy atom. The summed E-state index contributed by atoms with van der Waals surface area (Å²) in [7, 11) is 0. The fourth-order valence-electron chi connectivity index (χ4n) is 2.90. The monoisotopic (exact) mass is 288 g/mol. The summed E-state index contributed by atoms with van der Waals surface area (Å²) < 4.78 is 7.86. The van der Waals surface area contributed by atoms with Crippen molar-refractivity contribution in [1.29, 1.82) is 0 Å². The summed E-state index contributed by atoms with van der Waals surface area (Å²) in [5.41, 5.74) is 3.56. The molecule has 0 spiro atoms. The lowest BCUT2D eigenvalue weighted by Gasteiger charge is -2.28. The standard InChI is InChI=1S/C16H24N4O/c1-3-21-12-11-20-14-6-4-5-13(2)15(14)18-16(20)19-9-7-17-8-10-19/h4-6,17H,3,7-12H2,1-2H3. The number of hydrogen-bond donors (Lipinski definition) is 1. The Hall–Kier alpha value is -1.59. The van der Waals surface area contributed by atoms with Crippen molar-refractivity contribution in [3.8, 4) is 0 Å². The highest BCUT2D eigenvalue weighted by Gasteiger charge is 2.19. The van der Waals surface area contributed by atoms with Crippen molar-refractivity contribution in [3.05, 3.63) is 23.8 Å². The van der Waals surface area contributed by atoms with E-state index in [1.54, 1.807) is 0 Å². The average Bonchev–Trinajstić information content (AvgIpc) is 2.89. The Labute approximate surface area is 125 Å². The van der Waals surface area contributed by atoms with E-state index >= 15 is 0 Å². The van der Waals surface area contributed by atoms with Crippen molar-refractivity contribution in [2.45, 2.75) is 20.4 Å². The predicted molar refractivity (Wildman–Crippen MR) is 86.0 cm³/mol. The van der Waals surface area contributed by atoms with E-state index in [0.29, 0.717) is 0 Å². The molecule has 1 aliphatic heterocycles. The molecule has 3 rings (SSSR count). The molecule has 1 aliphatic rings. The molecule has 0 atom stereocenters. The lowest BCUT2D eigenvalue weighted by atomic mass is 10.2. The first kappa shape index (κ1) is 14.4. The van der Waals surface area contributed by atoms with Crippen LogP contribution < -0.4 is 10.2 Å². The minimum absolute atomic E-state index is 0.731. The van der Waals surface area contributed by atoms with Gasteiger partial charge in [0, 0.05) is 39.3 Å². The molecule has 1 N–H and O–H groups in total. The number of imidazole rings is 1. The quantitative estimate of drug-likeness (QED) is 0.852. The molecule has 0 radical (unpaired) electrons. The van der Waals surface area contributed by atoms with E-state index < -0.39 is 0 Å². The lowest BCUT2D eigenvalue weighted by Crippen LogP contribution is -2.44. The van der Waals surface area contributed by atoms with Gasteiger partial charge in [-0.1, -0.05) is 12.1 Å². The van der Waals surface area contributed by atoms with Gasteiger partial charge in [0.1, 0.15) is 0 Å². The van der Waals surface area contributed by atoms with Gasteiger partial charge in [-0.2, -0.15) is 0 Å². The van der Waals surface area contributed by atoms with Crippen LogP contribution in [0.1, 0.15) is 12.5 Å². The molecule has 1 fully saturated rings. The molecule has 5 heteroatoms. The van der Waals surface area contributed by atoms with Crippen molar-refractivity contribution in [2.24, 2.45) is 0 Å². The number of aromatic nitrogens is 2. The summed E-state index contributed by atoms with van der Waals surface area (Å²) in [6.07, 6.45) is 0. The van der Waals surface area contributed by atoms with Crippen molar-refractivity contribution in [2.75, 3.05) is 44.3 Å². The third kappa shape index (κ3) is 2.89.